The smallest absolute Gasteiger partial charge is 0.229 e. The van der Waals surface area contributed by atoms with Crippen molar-refractivity contribution in [3.05, 3.63) is 66.4 Å². The van der Waals surface area contributed by atoms with Gasteiger partial charge in [-0.3, -0.25) is 14.6 Å². The number of benzene rings is 2. The molecule has 2 amide bonds. The minimum Gasteiger partial charge on any atom is -0.497 e. The summed E-state index contributed by atoms with van der Waals surface area (Å²) >= 11 is 0. The number of aromatic nitrogens is 1. The van der Waals surface area contributed by atoms with E-state index in [1.54, 1.807) is 13.3 Å². The zero-order chi connectivity index (χ0) is 22.5. The molecule has 1 N–H and O–H groups in total. The van der Waals surface area contributed by atoms with Crippen molar-refractivity contribution < 1.29 is 14.3 Å². The predicted octanol–water partition coefficient (Wildman–Crippen LogP) is 4.96. The highest BCUT2D eigenvalue weighted by Crippen LogP contribution is 2.38. The van der Waals surface area contributed by atoms with Crippen molar-refractivity contribution in [1.29, 1.82) is 0 Å². The van der Waals surface area contributed by atoms with Gasteiger partial charge in [0.25, 0.3) is 0 Å². The summed E-state index contributed by atoms with van der Waals surface area (Å²) in [5.41, 5.74) is 2.53. The van der Waals surface area contributed by atoms with Crippen LogP contribution in [0.15, 0.2) is 60.8 Å². The van der Waals surface area contributed by atoms with Gasteiger partial charge in [-0.1, -0.05) is 31.5 Å². The lowest BCUT2D eigenvalue weighted by molar-refractivity contribution is -0.142. The molecule has 1 aliphatic rings. The molecular weight excluding hydrogens is 402 g/mol. The second-order valence-corrected chi connectivity index (χ2v) is 8.17. The summed E-state index contributed by atoms with van der Waals surface area (Å²) in [6.07, 6.45) is 4.53. The maximum Gasteiger partial charge on any atom is 0.229 e. The predicted molar refractivity (Wildman–Crippen MR) is 125 cm³/mol. The molecule has 0 aliphatic carbocycles. The Bertz CT molecular complexity index is 1090. The SMILES string of the molecule is CCCCN1C(=O)CC[C@H](C(=O)Nc2cccc3ncccc23)[C@H]1c1ccc(OC)cc1. The van der Waals surface area contributed by atoms with E-state index in [4.69, 9.17) is 4.74 Å². The Balaban J connectivity index is 1.67. The Hall–Kier alpha value is -3.41. The molecule has 0 spiro atoms. The first kappa shape index (κ1) is 21.8. The summed E-state index contributed by atoms with van der Waals surface area (Å²) in [7, 11) is 1.63. The number of carbonyl (C=O) groups excluding carboxylic acids is 2. The Morgan fingerprint density at radius 2 is 1.97 bits per heavy atom. The van der Waals surface area contributed by atoms with E-state index in [9.17, 15) is 9.59 Å². The van der Waals surface area contributed by atoms with Crippen molar-refractivity contribution in [1.82, 2.24) is 9.88 Å². The summed E-state index contributed by atoms with van der Waals surface area (Å²) in [6.45, 7) is 2.75. The molecular formula is C26H29N3O3. The number of hydrogen-bond acceptors (Lipinski definition) is 4. The van der Waals surface area contributed by atoms with Gasteiger partial charge >= 0.3 is 0 Å². The van der Waals surface area contributed by atoms with Crippen LogP contribution in [0.5, 0.6) is 5.75 Å². The third-order valence-corrected chi connectivity index (χ3v) is 6.16. The number of hydrogen-bond donors (Lipinski definition) is 1. The van der Waals surface area contributed by atoms with Gasteiger partial charge in [0.2, 0.25) is 11.8 Å². The van der Waals surface area contributed by atoms with Gasteiger partial charge in [-0.2, -0.15) is 0 Å². The lowest BCUT2D eigenvalue weighted by atomic mass is 9.83. The number of pyridine rings is 1. The fourth-order valence-electron chi connectivity index (χ4n) is 4.47. The van der Waals surface area contributed by atoms with Gasteiger partial charge in [-0.15, -0.1) is 0 Å². The van der Waals surface area contributed by atoms with E-state index in [1.807, 2.05) is 59.5 Å². The number of unbranched alkanes of at least 4 members (excludes halogenated alkanes) is 1. The first-order valence-electron chi connectivity index (χ1n) is 11.2. The topological polar surface area (TPSA) is 71.5 Å². The van der Waals surface area contributed by atoms with E-state index in [0.717, 1.165) is 40.7 Å². The fourth-order valence-corrected chi connectivity index (χ4v) is 4.47. The lowest BCUT2D eigenvalue weighted by Crippen LogP contribution is -2.47. The highest BCUT2D eigenvalue weighted by atomic mass is 16.5. The molecule has 2 heterocycles. The molecule has 32 heavy (non-hydrogen) atoms. The minimum absolute atomic E-state index is 0.0730. The second kappa shape index (κ2) is 9.81. The number of likely N-dealkylation sites (tertiary alicyclic amines) is 1. The molecule has 6 nitrogen and oxygen atoms in total. The van der Waals surface area contributed by atoms with Crippen molar-refractivity contribution in [3.8, 4) is 5.75 Å². The standard InChI is InChI=1S/C26H29N3O3/c1-3-4-17-29-24(30)15-14-21(25(29)18-10-12-19(32-2)13-11-18)26(31)28-23-9-5-8-22-20(23)7-6-16-27-22/h5-13,16,21,25H,3-4,14-15,17H2,1-2H3,(H,28,31)/t21-,25+/m0/s1. The highest BCUT2D eigenvalue weighted by molar-refractivity contribution is 6.02. The minimum atomic E-state index is -0.343. The number of methoxy groups -OCH3 is 1. The monoisotopic (exact) mass is 431 g/mol. The molecule has 0 unspecified atom stereocenters. The van der Waals surface area contributed by atoms with Gasteiger partial charge in [0.15, 0.2) is 0 Å². The maximum atomic E-state index is 13.5. The third kappa shape index (κ3) is 4.44. The fraction of sp³-hybridized carbons (Fsp3) is 0.346. The van der Waals surface area contributed by atoms with Crippen LogP contribution in [0.4, 0.5) is 5.69 Å². The van der Waals surface area contributed by atoms with E-state index in [1.165, 1.54) is 0 Å². The second-order valence-electron chi connectivity index (χ2n) is 8.17. The number of ether oxygens (including phenoxy) is 1. The van der Waals surface area contributed by atoms with Gasteiger partial charge in [0.05, 0.1) is 30.3 Å². The average Bonchev–Trinajstić information content (AvgIpc) is 2.83. The van der Waals surface area contributed by atoms with Crippen LogP contribution in [0.25, 0.3) is 10.9 Å². The van der Waals surface area contributed by atoms with Gasteiger partial charge < -0.3 is 15.0 Å². The molecule has 1 aromatic heterocycles. The van der Waals surface area contributed by atoms with E-state index < -0.39 is 0 Å². The molecule has 3 aromatic rings. The molecule has 1 aliphatic heterocycles. The number of nitrogens with one attached hydrogen (secondary N) is 1. The highest BCUT2D eigenvalue weighted by Gasteiger charge is 2.40. The van der Waals surface area contributed by atoms with Gasteiger partial charge in [-0.25, -0.2) is 0 Å². The zero-order valence-corrected chi connectivity index (χ0v) is 18.6. The largest absolute Gasteiger partial charge is 0.497 e. The first-order valence-corrected chi connectivity index (χ1v) is 11.2. The Labute approximate surface area is 188 Å². The number of anilines is 1. The summed E-state index contributed by atoms with van der Waals surface area (Å²) in [5.74, 6) is 0.443. The third-order valence-electron chi connectivity index (χ3n) is 6.16. The van der Waals surface area contributed by atoms with Crippen molar-refractivity contribution in [2.75, 3.05) is 19.0 Å². The molecule has 166 valence electrons. The van der Waals surface area contributed by atoms with Crippen LogP contribution in [0.3, 0.4) is 0 Å². The van der Waals surface area contributed by atoms with E-state index in [-0.39, 0.29) is 23.8 Å². The quantitative estimate of drug-likeness (QED) is 0.574. The molecule has 0 bridgehead atoms. The van der Waals surface area contributed by atoms with Crippen LogP contribution < -0.4 is 10.1 Å². The van der Waals surface area contributed by atoms with Crippen molar-refractivity contribution in [2.24, 2.45) is 5.92 Å². The van der Waals surface area contributed by atoms with Crippen LogP contribution in [0, 0.1) is 5.92 Å². The lowest BCUT2D eigenvalue weighted by Gasteiger charge is -2.41. The molecule has 0 saturated carbocycles. The normalized spacial score (nSPS) is 18.6. The molecule has 2 atom stereocenters. The zero-order valence-electron chi connectivity index (χ0n) is 18.6. The molecule has 1 fully saturated rings. The summed E-state index contributed by atoms with van der Waals surface area (Å²) in [6, 6.07) is 16.9. The summed E-state index contributed by atoms with van der Waals surface area (Å²) < 4.78 is 5.30. The Morgan fingerprint density at radius 1 is 1.16 bits per heavy atom. The maximum absolute atomic E-state index is 13.5. The van der Waals surface area contributed by atoms with Crippen LogP contribution >= 0.6 is 0 Å². The number of fused-ring (bicyclic) bond motifs is 1. The average molecular weight is 432 g/mol. The van der Waals surface area contributed by atoms with Crippen LogP contribution in [0.1, 0.15) is 44.2 Å². The van der Waals surface area contributed by atoms with E-state index in [0.29, 0.717) is 19.4 Å². The van der Waals surface area contributed by atoms with Crippen molar-refractivity contribution in [3.63, 3.8) is 0 Å². The van der Waals surface area contributed by atoms with Crippen molar-refractivity contribution in [2.45, 2.75) is 38.6 Å². The summed E-state index contributed by atoms with van der Waals surface area (Å²) in [5, 5.41) is 4.03. The van der Waals surface area contributed by atoms with E-state index in [2.05, 4.69) is 17.2 Å². The van der Waals surface area contributed by atoms with Gasteiger partial charge in [0, 0.05) is 24.5 Å². The molecule has 6 heteroatoms. The van der Waals surface area contributed by atoms with Crippen LogP contribution in [0.2, 0.25) is 0 Å². The number of amides is 2. The number of rotatable bonds is 7. The van der Waals surface area contributed by atoms with E-state index >= 15 is 0 Å². The number of carbonyl (C=O) groups is 2. The number of piperidine rings is 1. The Kier molecular flexibility index (Phi) is 6.69. The van der Waals surface area contributed by atoms with Crippen molar-refractivity contribution >= 4 is 28.4 Å². The number of nitrogens with zero attached hydrogens (tertiary/aromatic N) is 2. The van der Waals surface area contributed by atoms with Crippen LogP contribution in [-0.4, -0.2) is 35.4 Å². The van der Waals surface area contributed by atoms with Gasteiger partial charge in [-0.05, 0) is 54.8 Å². The molecule has 0 radical (unpaired) electrons. The summed E-state index contributed by atoms with van der Waals surface area (Å²) in [4.78, 5) is 32.7. The van der Waals surface area contributed by atoms with Gasteiger partial charge in [0.1, 0.15) is 5.75 Å². The molecule has 4 rings (SSSR count). The molecule has 2 aromatic carbocycles. The Morgan fingerprint density at radius 3 is 2.72 bits per heavy atom. The molecule has 1 saturated heterocycles. The first-order chi connectivity index (χ1) is 15.6. The van der Waals surface area contributed by atoms with Crippen LogP contribution in [-0.2, 0) is 9.59 Å².